The van der Waals surface area contributed by atoms with Crippen LogP contribution in [0.2, 0.25) is 0 Å². The average molecular weight is 278 g/mol. The second-order valence-electron chi connectivity index (χ2n) is 4.86. The van der Waals surface area contributed by atoms with Gasteiger partial charge in [-0.3, -0.25) is 4.79 Å². The summed E-state index contributed by atoms with van der Waals surface area (Å²) < 4.78 is 27.6. The lowest BCUT2D eigenvalue weighted by molar-refractivity contribution is -0.128. The van der Waals surface area contributed by atoms with Gasteiger partial charge in [-0.1, -0.05) is 0 Å². The van der Waals surface area contributed by atoms with Gasteiger partial charge in [0.1, 0.15) is 18.0 Å². The third kappa shape index (κ3) is 1.95. The molecule has 7 heteroatoms. The van der Waals surface area contributed by atoms with Crippen molar-refractivity contribution in [1.29, 1.82) is 0 Å². The zero-order valence-electron chi connectivity index (χ0n) is 10.5. The van der Waals surface area contributed by atoms with Crippen LogP contribution in [0.15, 0.2) is 24.5 Å². The lowest BCUT2D eigenvalue weighted by atomic mass is 10.1. The normalized spacial score (nSPS) is 22.4. The van der Waals surface area contributed by atoms with Crippen molar-refractivity contribution in [2.24, 2.45) is 5.73 Å². The topological polar surface area (TPSA) is 72.1 Å². The second-order valence-corrected chi connectivity index (χ2v) is 4.86. The molecule has 1 atom stereocenters. The van der Waals surface area contributed by atoms with E-state index in [1.807, 2.05) is 0 Å². The summed E-state index contributed by atoms with van der Waals surface area (Å²) in [5.41, 5.74) is 3.57. The second kappa shape index (κ2) is 4.36. The van der Waals surface area contributed by atoms with Gasteiger partial charge in [0.15, 0.2) is 0 Å². The Bertz CT molecular complexity index is 693. The van der Waals surface area contributed by atoms with Gasteiger partial charge in [-0.25, -0.2) is 18.7 Å². The van der Waals surface area contributed by atoms with E-state index in [2.05, 4.69) is 9.97 Å². The van der Waals surface area contributed by atoms with E-state index < -0.39 is 17.4 Å². The first-order valence-electron chi connectivity index (χ1n) is 6.14. The maximum Gasteiger partial charge on any atom is 0.257 e. The number of halogens is 2. The molecule has 1 fully saturated rings. The van der Waals surface area contributed by atoms with Crippen LogP contribution in [0.5, 0.6) is 0 Å². The molecule has 2 heterocycles. The van der Waals surface area contributed by atoms with Crippen LogP contribution in [0, 0.1) is 5.82 Å². The minimum atomic E-state index is -2.06. The Labute approximate surface area is 113 Å². The van der Waals surface area contributed by atoms with E-state index in [4.69, 9.17) is 5.73 Å². The number of hydrogen-bond acceptors (Lipinski definition) is 4. The maximum absolute atomic E-state index is 14.2. The first kappa shape index (κ1) is 12.7. The number of nitrogens with zero attached hydrogens (tertiary/aromatic N) is 3. The Morgan fingerprint density at radius 1 is 1.40 bits per heavy atom. The van der Waals surface area contributed by atoms with E-state index in [0.717, 1.165) is 0 Å². The van der Waals surface area contributed by atoms with Crippen molar-refractivity contribution in [2.75, 3.05) is 18.0 Å². The average Bonchev–Trinajstić information content (AvgIpc) is 2.82. The number of nitrogens with two attached hydrogens (primary N) is 1. The molecule has 104 valence electrons. The predicted molar refractivity (Wildman–Crippen MR) is 69.4 cm³/mol. The number of fused-ring (bicyclic) bond motifs is 1. The number of aromatic nitrogens is 2. The van der Waals surface area contributed by atoms with E-state index >= 15 is 0 Å². The largest absolute Gasteiger partial charge is 0.367 e. The maximum atomic E-state index is 14.2. The smallest absolute Gasteiger partial charge is 0.257 e. The van der Waals surface area contributed by atoms with Crippen molar-refractivity contribution in [3.63, 3.8) is 0 Å². The first-order valence-corrected chi connectivity index (χ1v) is 6.14. The van der Waals surface area contributed by atoms with Crippen molar-refractivity contribution >= 4 is 22.6 Å². The minimum absolute atomic E-state index is 0.00312. The molecule has 2 aromatic rings. The number of benzene rings is 1. The van der Waals surface area contributed by atoms with E-state index in [9.17, 15) is 13.6 Å². The van der Waals surface area contributed by atoms with Crippen molar-refractivity contribution < 1.29 is 13.6 Å². The predicted octanol–water partition coefficient (Wildman–Crippen LogP) is 1.17. The summed E-state index contributed by atoms with van der Waals surface area (Å²) in [6, 6.07) is 4.13. The molecular weight excluding hydrogens is 266 g/mol. The van der Waals surface area contributed by atoms with Crippen molar-refractivity contribution in [1.82, 2.24) is 9.97 Å². The van der Waals surface area contributed by atoms with E-state index in [1.165, 1.54) is 24.5 Å². The minimum Gasteiger partial charge on any atom is -0.367 e. The monoisotopic (exact) mass is 278 g/mol. The molecule has 20 heavy (non-hydrogen) atoms. The summed E-state index contributed by atoms with van der Waals surface area (Å²) in [4.78, 5) is 20.9. The Morgan fingerprint density at radius 3 is 2.90 bits per heavy atom. The van der Waals surface area contributed by atoms with E-state index in [-0.39, 0.29) is 13.0 Å². The van der Waals surface area contributed by atoms with Crippen molar-refractivity contribution in [2.45, 2.75) is 12.1 Å². The van der Waals surface area contributed by atoms with Crippen molar-refractivity contribution in [3.05, 3.63) is 30.3 Å². The standard InChI is InChI=1S/C13H12F2N4O/c14-8-1-2-10-9(5-8)11(18-7-17-10)19-4-3-13(15,6-19)12(16)20/h1-2,5,7H,3-4,6H2,(H2,16,20). The summed E-state index contributed by atoms with van der Waals surface area (Å²) in [6.07, 6.45) is 1.33. The lowest BCUT2D eigenvalue weighted by Crippen LogP contribution is -2.42. The summed E-state index contributed by atoms with van der Waals surface area (Å²) in [6.45, 7) is 0.118. The molecule has 1 aromatic heterocycles. The van der Waals surface area contributed by atoms with Crippen LogP contribution in [0.3, 0.4) is 0 Å². The molecular formula is C13H12F2N4O. The fourth-order valence-electron chi connectivity index (χ4n) is 2.42. The van der Waals surface area contributed by atoms with Crippen LogP contribution < -0.4 is 10.6 Å². The quantitative estimate of drug-likeness (QED) is 0.895. The molecule has 1 aliphatic heterocycles. The Hall–Kier alpha value is -2.31. The molecule has 1 aliphatic rings. The van der Waals surface area contributed by atoms with Crippen LogP contribution in [-0.4, -0.2) is 34.6 Å². The number of hydrogen-bond donors (Lipinski definition) is 1. The lowest BCUT2D eigenvalue weighted by Gasteiger charge is -2.20. The fourth-order valence-corrected chi connectivity index (χ4v) is 2.42. The molecule has 5 nitrogen and oxygen atoms in total. The summed E-state index contributed by atoms with van der Waals surface area (Å²) >= 11 is 0. The SMILES string of the molecule is NC(=O)C1(F)CCN(c2ncnc3ccc(F)cc23)C1. The van der Waals surface area contributed by atoms with Gasteiger partial charge in [-0.2, -0.15) is 0 Å². The summed E-state index contributed by atoms with van der Waals surface area (Å²) in [5, 5.41) is 0.487. The van der Waals surface area contributed by atoms with Crippen LogP contribution in [0.25, 0.3) is 10.9 Å². The van der Waals surface area contributed by atoms with Gasteiger partial charge < -0.3 is 10.6 Å². The van der Waals surface area contributed by atoms with Crippen molar-refractivity contribution in [3.8, 4) is 0 Å². The number of amides is 1. The molecule has 0 radical (unpaired) electrons. The zero-order valence-corrected chi connectivity index (χ0v) is 10.5. The highest BCUT2D eigenvalue weighted by Crippen LogP contribution is 2.32. The van der Waals surface area contributed by atoms with Gasteiger partial charge in [0.2, 0.25) is 5.67 Å². The third-order valence-corrected chi connectivity index (χ3v) is 3.54. The van der Waals surface area contributed by atoms with Gasteiger partial charge >= 0.3 is 0 Å². The number of anilines is 1. The van der Waals surface area contributed by atoms with Crippen LogP contribution in [0.4, 0.5) is 14.6 Å². The molecule has 1 saturated heterocycles. The van der Waals surface area contributed by atoms with Crippen LogP contribution in [-0.2, 0) is 4.79 Å². The number of alkyl halides is 1. The Morgan fingerprint density at radius 2 is 2.20 bits per heavy atom. The highest BCUT2D eigenvalue weighted by molar-refractivity contribution is 5.91. The molecule has 0 bridgehead atoms. The van der Waals surface area contributed by atoms with Crippen LogP contribution >= 0.6 is 0 Å². The van der Waals surface area contributed by atoms with E-state index in [1.54, 1.807) is 4.90 Å². The zero-order chi connectivity index (χ0) is 14.3. The number of primary amides is 1. The van der Waals surface area contributed by atoms with Gasteiger partial charge in [0, 0.05) is 18.4 Å². The third-order valence-electron chi connectivity index (χ3n) is 3.54. The van der Waals surface area contributed by atoms with Gasteiger partial charge in [0.05, 0.1) is 12.1 Å². The van der Waals surface area contributed by atoms with Gasteiger partial charge in [-0.05, 0) is 18.2 Å². The van der Waals surface area contributed by atoms with Gasteiger partial charge in [0.25, 0.3) is 5.91 Å². The number of carbonyl (C=O) groups excluding carboxylic acids is 1. The van der Waals surface area contributed by atoms with Gasteiger partial charge in [-0.15, -0.1) is 0 Å². The molecule has 0 spiro atoms. The molecule has 2 N–H and O–H groups in total. The molecule has 3 rings (SSSR count). The highest BCUT2D eigenvalue weighted by atomic mass is 19.1. The highest BCUT2D eigenvalue weighted by Gasteiger charge is 2.44. The first-order chi connectivity index (χ1) is 9.49. The molecule has 1 aromatic carbocycles. The molecule has 1 amide bonds. The number of carbonyl (C=O) groups is 1. The molecule has 1 unspecified atom stereocenters. The summed E-state index contributed by atoms with van der Waals surface area (Å²) in [7, 11) is 0. The fraction of sp³-hybridized carbons (Fsp3) is 0.308. The Balaban J connectivity index is 2.04. The molecule has 0 saturated carbocycles. The summed E-state index contributed by atoms with van der Waals surface area (Å²) in [5.74, 6) is -0.992. The van der Waals surface area contributed by atoms with Crippen LogP contribution in [0.1, 0.15) is 6.42 Å². The van der Waals surface area contributed by atoms with E-state index in [0.29, 0.717) is 23.3 Å². The number of rotatable bonds is 2. The molecule has 0 aliphatic carbocycles. The Kier molecular flexibility index (Phi) is 2.77.